The van der Waals surface area contributed by atoms with Gasteiger partial charge < -0.3 is 10.1 Å². The Bertz CT molecular complexity index is 740. The number of carbonyl (C=O) groups is 2. The first-order valence-electron chi connectivity index (χ1n) is 6.46. The first-order valence-corrected chi connectivity index (χ1v) is 7.25. The zero-order valence-corrected chi connectivity index (χ0v) is 13.5. The summed E-state index contributed by atoms with van der Waals surface area (Å²) in [6.07, 6.45) is 0. The highest BCUT2D eigenvalue weighted by Crippen LogP contribution is 2.22. The van der Waals surface area contributed by atoms with Crippen molar-refractivity contribution >= 4 is 39.1 Å². The van der Waals surface area contributed by atoms with Gasteiger partial charge in [-0.3, -0.25) is 4.79 Å². The number of hydrogen-bond acceptors (Lipinski definition) is 3. The van der Waals surface area contributed by atoms with Crippen molar-refractivity contribution in [3.8, 4) is 0 Å². The van der Waals surface area contributed by atoms with Crippen molar-refractivity contribution in [2.45, 2.75) is 0 Å². The third-order valence-electron chi connectivity index (χ3n) is 3.03. The molecular formula is C17H14BrNO3. The maximum atomic E-state index is 12.3. The zero-order valence-electron chi connectivity index (χ0n) is 11.9. The molecule has 0 heterocycles. The molecule has 0 aliphatic heterocycles. The fourth-order valence-electron chi connectivity index (χ4n) is 1.85. The van der Waals surface area contributed by atoms with Crippen molar-refractivity contribution in [2.75, 3.05) is 12.4 Å². The maximum Gasteiger partial charge on any atom is 0.337 e. The Kier molecular flexibility index (Phi) is 5.12. The summed E-state index contributed by atoms with van der Waals surface area (Å²) >= 11 is 3.37. The molecule has 0 bridgehead atoms. The minimum Gasteiger partial charge on any atom is -0.465 e. The normalized spacial score (nSPS) is 9.91. The molecule has 0 atom stereocenters. The molecule has 0 radical (unpaired) electrons. The molecule has 2 rings (SSSR count). The summed E-state index contributed by atoms with van der Waals surface area (Å²) in [5.74, 6) is -0.797. The largest absolute Gasteiger partial charge is 0.465 e. The molecule has 5 heteroatoms. The first-order chi connectivity index (χ1) is 10.5. The number of hydrogen-bond donors (Lipinski definition) is 1. The predicted molar refractivity (Wildman–Crippen MR) is 89.6 cm³/mol. The maximum absolute atomic E-state index is 12.3. The van der Waals surface area contributed by atoms with Crippen LogP contribution in [-0.4, -0.2) is 19.0 Å². The van der Waals surface area contributed by atoms with Gasteiger partial charge in [0.15, 0.2) is 0 Å². The van der Waals surface area contributed by atoms with Crippen molar-refractivity contribution in [2.24, 2.45) is 0 Å². The first kappa shape index (κ1) is 16.0. The van der Waals surface area contributed by atoms with Gasteiger partial charge in [0.05, 0.1) is 18.4 Å². The summed E-state index contributed by atoms with van der Waals surface area (Å²) in [5, 5.41) is 2.80. The number of benzene rings is 2. The lowest BCUT2D eigenvalue weighted by Gasteiger charge is -2.09. The van der Waals surface area contributed by atoms with Gasteiger partial charge in [-0.15, -0.1) is 0 Å². The van der Waals surface area contributed by atoms with Crippen LogP contribution in [0.2, 0.25) is 0 Å². The Labute approximate surface area is 136 Å². The van der Waals surface area contributed by atoms with Gasteiger partial charge >= 0.3 is 5.97 Å². The molecule has 0 saturated heterocycles. The van der Waals surface area contributed by atoms with Crippen LogP contribution in [0.15, 0.2) is 59.6 Å². The van der Waals surface area contributed by atoms with E-state index in [1.54, 1.807) is 30.3 Å². The molecule has 4 nitrogen and oxygen atoms in total. The fraction of sp³-hybridized carbons (Fsp3) is 0.0588. The van der Waals surface area contributed by atoms with Gasteiger partial charge in [0, 0.05) is 10.0 Å². The molecule has 0 aliphatic rings. The Morgan fingerprint density at radius 3 is 2.45 bits per heavy atom. The van der Waals surface area contributed by atoms with Gasteiger partial charge in [-0.1, -0.05) is 30.8 Å². The number of methoxy groups -OCH3 is 1. The smallest absolute Gasteiger partial charge is 0.337 e. The molecule has 2 aromatic carbocycles. The summed E-state index contributed by atoms with van der Waals surface area (Å²) in [6, 6.07) is 14.0. The predicted octanol–water partition coefficient (Wildman–Crippen LogP) is 3.89. The highest BCUT2D eigenvalue weighted by Gasteiger charge is 2.13. The Balaban J connectivity index is 2.22. The average molecular weight is 360 g/mol. The second kappa shape index (κ2) is 7.04. The summed E-state index contributed by atoms with van der Waals surface area (Å²) in [6.45, 7) is 3.68. The van der Waals surface area contributed by atoms with E-state index in [1.165, 1.54) is 7.11 Å². The van der Waals surface area contributed by atoms with E-state index >= 15 is 0 Å². The third kappa shape index (κ3) is 3.62. The molecule has 0 fully saturated rings. The van der Waals surface area contributed by atoms with E-state index in [-0.39, 0.29) is 11.5 Å². The number of amides is 1. The monoisotopic (exact) mass is 359 g/mol. The second-order valence-corrected chi connectivity index (χ2v) is 5.34. The lowest BCUT2D eigenvalue weighted by atomic mass is 10.0. The quantitative estimate of drug-likeness (QED) is 0.665. The highest BCUT2D eigenvalue weighted by atomic mass is 79.9. The van der Waals surface area contributed by atoms with Crippen molar-refractivity contribution in [3.05, 3.63) is 70.7 Å². The Hall–Kier alpha value is -2.40. The minimum absolute atomic E-state index is 0.207. The van der Waals surface area contributed by atoms with Crippen molar-refractivity contribution in [1.82, 2.24) is 0 Å². The molecule has 0 unspecified atom stereocenters. The minimum atomic E-state index is -0.525. The van der Waals surface area contributed by atoms with Gasteiger partial charge in [0.1, 0.15) is 0 Å². The van der Waals surface area contributed by atoms with E-state index in [1.807, 2.05) is 18.2 Å². The average Bonchev–Trinajstić information content (AvgIpc) is 2.55. The molecule has 2 aromatic rings. The lowest BCUT2D eigenvalue weighted by molar-refractivity contribution is -0.133. The molecule has 112 valence electrons. The summed E-state index contributed by atoms with van der Waals surface area (Å²) in [5.41, 5.74) is 1.85. The summed E-state index contributed by atoms with van der Waals surface area (Å²) in [7, 11) is 1.29. The van der Waals surface area contributed by atoms with Crippen molar-refractivity contribution < 1.29 is 14.3 Å². The van der Waals surface area contributed by atoms with E-state index in [0.717, 1.165) is 4.47 Å². The molecule has 1 N–H and O–H groups in total. The van der Waals surface area contributed by atoms with Crippen LogP contribution in [0.4, 0.5) is 5.69 Å². The van der Waals surface area contributed by atoms with Crippen molar-refractivity contribution in [1.29, 1.82) is 0 Å². The third-order valence-corrected chi connectivity index (χ3v) is 3.72. The van der Waals surface area contributed by atoms with Crippen LogP contribution < -0.4 is 5.32 Å². The van der Waals surface area contributed by atoms with Crippen LogP contribution in [0, 0.1) is 0 Å². The number of para-hydroxylation sites is 1. The van der Waals surface area contributed by atoms with Crippen LogP contribution in [-0.2, 0) is 9.53 Å². The molecular weight excluding hydrogens is 346 g/mol. The van der Waals surface area contributed by atoms with E-state index in [2.05, 4.69) is 32.6 Å². The van der Waals surface area contributed by atoms with Crippen LogP contribution in [0.3, 0.4) is 0 Å². The number of ether oxygens (including phenoxy) is 1. The Morgan fingerprint density at radius 1 is 1.09 bits per heavy atom. The topological polar surface area (TPSA) is 55.4 Å². The van der Waals surface area contributed by atoms with Crippen LogP contribution in [0.5, 0.6) is 0 Å². The van der Waals surface area contributed by atoms with Gasteiger partial charge in [0.25, 0.3) is 5.91 Å². The number of carbonyl (C=O) groups excluding carboxylic acids is 2. The van der Waals surface area contributed by atoms with Gasteiger partial charge in [-0.2, -0.15) is 0 Å². The Morgan fingerprint density at radius 2 is 1.77 bits per heavy atom. The summed E-state index contributed by atoms with van der Waals surface area (Å²) in [4.78, 5) is 23.8. The number of anilines is 1. The molecule has 0 aliphatic carbocycles. The van der Waals surface area contributed by atoms with E-state index < -0.39 is 5.97 Å². The molecule has 0 aromatic heterocycles. The highest BCUT2D eigenvalue weighted by molar-refractivity contribution is 9.10. The van der Waals surface area contributed by atoms with Crippen LogP contribution >= 0.6 is 15.9 Å². The standard InChI is InChI=1S/C17H14BrNO3/c1-11(17(21)22-2)12-6-5-7-13(10-12)16(20)19-15-9-4-3-8-14(15)18/h3-10H,1H2,2H3,(H,19,20). The molecule has 1 amide bonds. The fourth-order valence-corrected chi connectivity index (χ4v) is 2.23. The zero-order chi connectivity index (χ0) is 16.1. The number of rotatable bonds is 4. The van der Waals surface area contributed by atoms with E-state index in [0.29, 0.717) is 16.8 Å². The number of halogens is 1. The van der Waals surface area contributed by atoms with Gasteiger partial charge in [-0.25, -0.2) is 4.79 Å². The molecule has 0 saturated carbocycles. The number of esters is 1. The van der Waals surface area contributed by atoms with Crippen LogP contribution in [0.1, 0.15) is 15.9 Å². The number of nitrogens with one attached hydrogen (secondary N) is 1. The van der Waals surface area contributed by atoms with Gasteiger partial charge in [-0.05, 0) is 45.8 Å². The summed E-state index contributed by atoms with van der Waals surface area (Å²) < 4.78 is 5.42. The SMILES string of the molecule is C=C(C(=O)OC)c1cccc(C(=O)Nc2ccccc2Br)c1. The molecule has 0 spiro atoms. The van der Waals surface area contributed by atoms with E-state index in [4.69, 9.17) is 0 Å². The van der Waals surface area contributed by atoms with Gasteiger partial charge in [0.2, 0.25) is 0 Å². The molecule has 22 heavy (non-hydrogen) atoms. The van der Waals surface area contributed by atoms with Crippen molar-refractivity contribution in [3.63, 3.8) is 0 Å². The second-order valence-electron chi connectivity index (χ2n) is 4.48. The van der Waals surface area contributed by atoms with Crippen LogP contribution in [0.25, 0.3) is 5.57 Å². The van der Waals surface area contributed by atoms with E-state index in [9.17, 15) is 9.59 Å². The lowest BCUT2D eigenvalue weighted by Crippen LogP contribution is -2.13.